The molecule has 0 spiro atoms. The quantitative estimate of drug-likeness (QED) is 0.810. The highest BCUT2D eigenvalue weighted by Gasteiger charge is 2.40. The van der Waals surface area contributed by atoms with E-state index in [4.69, 9.17) is 5.26 Å². The highest BCUT2D eigenvalue weighted by Crippen LogP contribution is 2.31. The lowest BCUT2D eigenvalue weighted by Gasteiger charge is -2.34. The monoisotopic (exact) mass is 255 g/mol. The van der Waals surface area contributed by atoms with Gasteiger partial charge in [-0.2, -0.15) is 5.26 Å². The van der Waals surface area contributed by atoms with Crippen LogP contribution in [0.2, 0.25) is 0 Å². The summed E-state index contributed by atoms with van der Waals surface area (Å²) in [5.41, 5.74) is 1.05. The number of hydrogen-bond acceptors (Lipinski definition) is 3. The fourth-order valence-electron chi connectivity index (χ4n) is 2.32. The smallest absolute Gasteiger partial charge is 0.320 e. The van der Waals surface area contributed by atoms with Gasteiger partial charge >= 0.3 is 6.03 Å². The van der Waals surface area contributed by atoms with E-state index in [1.165, 1.54) is 4.90 Å². The lowest BCUT2D eigenvalue weighted by Crippen LogP contribution is -2.53. The van der Waals surface area contributed by atoms with E-state index in [2.05, 4.69) is 0 Å². The zero-order valence-electron chi connectivity index (χ0n) is 10.4. The van der Waals surface area contributed by atoms with Crippen molar-refractivity contribution in [2.24, 2.45) is 0 Å². The molecule has 5 heteroatoms. The Morgan fingerprint density at radius 1 is 1.16 bits per heavy atom. The van der Waals surface area contributed by atoms with Gasteiger partial charge in [0.25, 0.3) is 0 Å². The zero-order valence-corrected chi connectivity index (χ0v) is 10.4. The molecule has 2 fully saturated rings. The first-order chi connectivity index (χ1) is 9.20. The highest BCUT2D eigenvalue weighted by atomic mass is 16.2. The molecule has 2 aliphatic rings. The second kappa shape index (κ2) is 4.39. The van der Waals surface area contributed by atoms with Gasteiger partial charge in [0.15, 0.2) is 0 Å². The van der Waals surface area contributed by atoms with Crippen molar-refractivity contribution in [3.05, 3.63) is 29.8 Å². The number of imide groups is 1. The van der Waals surface area contributed by atoms with E-state index in [1.807, 2.05) is 6.07 Å². The van der Waals surface area contributed by atoms with E-state index < -0.39 is 0 Å². The molecular weight excluding hydrogens is 242 g/mol. The van der Waals surface area contributed by atoms with Crippen molar-refractivity contribution in [2.45, 2.75) is 25.3 Å². The Morgan fingerprint density at radius 2 is 1.84 bits per heavy atom. The van der Waals surface area contributed by atoms with Crippen LogP contribution >= 0.6 is 0 Å². The predicted octanol–water partition coefficient (Wildman–Crippen LogP) is 1.88. The summed E-state index contributed by atoms with van der Waals surface area (Å²) in [6.45, 7) is 0.523. The Bertz CT molecular complexity index is 569. The van der Waals surface area contributed by atoms with Gasteiger partial charge in [-0.1, -0.05) is 0 Å². The number of nitriles is 1. The topological polar surface area (TPSA) is 64.4 Å². The standard InChI is InChI=1S/C14H13N3O2/c15-9-10-1-3-12(4-2-10)17-13(18)7-8-16(14(17)19)11-5-6-11/h1-4,11H,5-8H2. The van der Waals surface area contributed by atoms with Crippen LogP contribution < -0.4 is 4.90 Å². The van der Waals surface area contributed by atoms with Crippen molar-refractivity contribution in [1.29, 1.82) is 5.26 Å². The number of rotatable bonds is 2. The summed E-state index contributed by atoms with van der Waals surface area (Å²) in [6, 6.07) is 8.61. The van der Waals surface area contributed by atoms with E-state index in [0.29, 0.717) is 30.3 Å². The zero-order chi connectivity index (χ0) is 13.4. The van der Waals surface area contributed by atoms with E-state index in [1.54, 1.807) is 29.2 Å². The Balaban J connectivity index is 1.89. The summed E-state index contributed by atoms with van der Waals surface area (Å²) >= 11 is 0. The maximum absolute atomic E-state index is 12.3. The number of benzene rings is 1. The van der Waals surface area contributed by atoms with Crippen LogP contribution in [-0.2, 0) is 4.79 Å². The van der Waals surface area contributed by atoms with Crippen molar-refractivity contribution < 1.29 is 9.59 Å². The molecule has 0 N–H and O–H groups in total. The third-order valence-electron chi connectivity index (χ3n) is 3.50. The van der Waals surface area contributed by atoms with Gasteiger partial charge in [-0.05, 0) is 37.1 Å². The van der Waals surface area contributed by atoms with Crippen LogP contribution in [0.25, 0.3) is 0 Å². The van der Waals surface area contributed by atoms with Crippen LogP contribution in [0, 0.1) is 11.3 Å². The van der Waals surface area contributed by atoms with Crippen molar-refractivity contribution in [2.75, 3.05) is 11.4 Å². The molecule has 0 atom stereocenters. The van der Waals surface area contributed by atoms with Crippen LogP contribution in [0.3, 0.4) is 0 Å². The summed E-state index contributed by atoms with van der Waals surface area (Å²) in [6.07, 6.45) is 2.42. The number of hydrogen-bond donors (Lipinski definition) is 0. The van der Waals surface area contributed by atoms with Gasteiger partial charge in [0.1, 0.15) is 0 Å². The molecule has 5 nitrogen and oxygen atoms in total. The molecule has 0 unspecified atom stereocenters. The molecule has 0 aromatic heterocycles. The third kappa shape index (κ3) is 2.06. The first kappa shape index (κ1) is 11.7. The molecule has 3 rings (SSSR count). The van der Waals surface area contributed by atoms with E-state index in [-0.39, 0.29) is 11.9 Å². The largest absolute Gasteiger partial charge is 0.331 e. The molecule has 0 bridgehead atoms. The number of carbonyl (C=O) groups is 2. The summed E-state index contributed by atoms with van der Waals surface area (Å²) in [4.78, 5) is 27.3. The second-order valence-corrected chi connectivity index (χ2v) is 4.84. The lowest BCUT2D eigenvalue weighted by atomic mass is 10.2. The Morgan fingerprint density at radius 3 is 2.42 bits per heavy atom. The minimum atomic E-state index is -0.233. The minimum absolute atomic E-state index is 0.174. The fourth-order valence-corrected chi connectivity index (χ4v) is 2.32. The van der Waals surface area contributed by atoms with Crippen LogP contribution in [0.1, 0.15) is 24.8 Å². The molecule has 3 amide bonds. The number of carbonyl (C=O) groups excluding carboxylic acids is 2. The molecule has 1 saturated heterocycles. The molecule has 1 aromatic carbocycles. The van der Waals surface area contributed by atoms with Crippen molar-refractivity contribution in [3.8, 4) is 6.07 Å². The molecule has 0 radical (unpaired) electrons. The van der Waals surface area contributed by atoms with Gasteiger partial charge in [-0.25, -0.2) is 9.69 Å². The maximum atomic E-state index is 12.3. The first-order valence-electron chi connectivity index (χ1n) is 6.34. The first-order valence-corrected chi connectivity index (χ1v) is 6.34. The van der Waals surface area contributed by atoms with Crippen molar-refractivity contribution in [3.63, 3.8) is 0 Å². The van der Waals surface area contributed by atoms with E-state index in [0.717, 1.165) is 12.8 Å². The van der Waals surface area contributed by atoms with Crippen molar-refractivity contribution >= 4 is 17.6 Å². The highest BCUT2D eigenvalue weighted by molar-refractivity contribution is 6.15. The summed E-state index contributed by atoms with van der Waals surface area (Å²) < 4.78 is 0. The summed E-state index contributed by atoms with van der Waals surface area (Å²) in [7, 11) is 0. The summed E-state index contributed by atoms with van der Waals surface area (Å²) in [5, 5.41) is 8.76. The molecule has 19 heavy (non-hydrogen) atoms. The normalized spacial score (nSPS) is 19.5. The predicted molar refractivity (Wildman–Crippen MR) is 68.4 cm³/mol. The van der Waals surface area contributed by atoms with Gasteiger partial charge < -0.3 is 4.90 Å². The molecule has 1 saturated carbocycles. The Labute approximate surface area is 111 Å². The van der Waals surface area contributed by atoms with Crippen LogP contribution in [-0.4, -0.2) is 29.4 Å². The van der Waals surface area contributed by atoms with Gasteiger partial charge in [0.05, 0.1) is 17.3 Å². The molecule has 1 aliphatic heterocycles. The van der Waals surface area contributed by atoms with Crippen LogP contribution in [0.15, 0.2) is 24.3 Å². The van der Waals surface area contributed by atoms with E-state index in [9.17, 15) is 9.59 Å². The lowest BCUT2D eigenvalue weighted by molar-refractivity contribution is -0.119. The summed E-state index contributed by atoms with van der Waals surface area (Å²) in [5.74, 6) is -0.174. The SMILES string of the molecule is N#Cc1ccc(N2C(=O)CCN(C3CC3)C2=O)cc1. The van der Waals surface area contributed by atoms with Gasteiger partial charge in [-0.15, -0.1) is 0 Å². The van der Waals surface area contributed by atoms with E-state index >= 15 is 0 Å². The van der Waals surface area contributed by atoms with Gasteiger partial charge in [-0.3, -0.25) is 4.79 Å². The van der Waals surface area contributed by atoms with Crippen LogP contribution in [0.5, 0.6) is 0 Å². The molecule has 1 aromatic rings. The molecule has 1 aliphatic carbocycles. The van der Waals surface area contributed by atoms with Crippen molar-refractivity contribution in [1.82, 2.24) is 4.90 Å². The van der Waals surface area contributed by atoms with Gasteiger partial charge in [0, 0.05) is 19.0 Å². The van der Waals surface area contributed by atoms with Crippen LogP contribution in [0.4, 0.5) is 10.5 Å². The Hall–Kier alpha value is -2.35. The third-order valence-corrected chi connectivity index (χ3v) is 3.50. The molecular formula is C14H13N3O2. The number of urea groups is 1. The molecule has 96 valence electrons. The number of nitrogens with zero attached hydrogens (tertiary/aromatic N) is 3. The number of anilines is 1. The number of amides is 3. The average Bonchev–Trinajstić information content (AvgIpc) is 3.24. The molecule has 1 heterocycles. The second-order valence-electron chi connectivity index (χ2n) is 4.84. The maximum Gasteiger partial charge on any atom is 0.331 e. The average molecular weight is 255 g/mol. The Kier molecular flexibility index (Phi) is 2.71. The minimum Gasteiger partial charge on any atom is -0.320 e. The van der Waals surface area contributed by atoms with Gasteiger partial charge in [0.2, 0.25) is 5.91 Å². The fraction of sp³-hybridized carbons (Fsp3) is 0.357.